The molecule has 1 aliphatic heterocycles. The highest BCUT2D eigenvalue weighted by Gasteiger charge is 2.29. The fraction of sp³-hybridized carbons (Fsp3) is 0.333. The second-order valence-corrected chi connectivity index (χ2v) is 7.08. The third-order valence-corrected chi connectivity index (χ3v) is 4.74. The van der Waals surface area contributed by atoms with Gasteiger partial charge in [0.25, 0.3) is 5.91 Å². The van der Waals surface area contributed by atoms with Crippen LogP contribution in [-0.4, -0.2) is 29.8 Å². The number of amides is 2. The van der Waals surface area contributed by atoms with Gasteiger partial charge in [-0.05, 0) is 51.0 Å². The molecule has 6 heteroatoms. The van der Waals surface area contributed by atoms with Gasteiger partial charge in [0.2, 0.25) is 5.91 Å². The molecule has 1 N–H and O–H groups in total. The summed E-state index contributed by atoms with van der Waals surface area (Å²) >= 11 is 0. The number of likely N-dealkylation sites (tertiary alicyclic amines) is 1. The largest absolute Gasteiger partial charge is 0.338 e. The number of halogens is 2. The van der Waals surface area contributed by atoms with Crippen LogP contribution in [0.5, 0.6) is 0 Å². The molecule has 2 amide bonds. The van der Waals surface area contributed by atoms with Crippen LogP contribution in [0.25, 0.3) is 0 Å². The Kier molecular flexibility index (Phi) is 5.54. The summed E-state index contributed by atoms with van der Waals surface area (Å²) in [4.78, 5) is 27.0. The summed E-state index contributed by atoms with van der Waals surface area (Å²) in [5, 5.41) is 2.61. The normalized spacial score (nSPS) is 16.9. The maximum absolute atomic E-state index is 13.3. The number of hydrogen-bond acceptors (Lipinski definition) is 2. The fourth-order valence-corrected chi connectivity index (χ4v) is 3.47. The van der Waals surface area contributed by atoms with Crippen LogP contribution in [0.2, 0.25) is 0 Å². The lowest BCUT2D eigenvalue weighted by molar-refractivity contribution is -0.121. The van der Waals surface area contributed by atoms with Gasteiger partial charge in [0.1, 0.15) is 0 Å². The number of hydrogen-bond donors (Lipinski definition) is 1. The number of nitrogens with one attached hydrogen (secondary N) is 1. The van der Waals surface area contributed by atoms with Crippen molar-refractivity contribution in [2.75, 3.05) is 18.4 Å². The van der Waals surface area contributed by atoms with Crippen molar-refractivity contribution in [1.82, 2.24) is 4.90 Å². The van der Waals surface area contributed by atoms with Crippen LogP contribution in [0.1, 0.15) is 34.3 Å². The van der Waals surface area contributed by atoms with Crippen LogP contribution in [0, 0.1) is 31.4 Å². The minimum absolute atomic E-state index is 0.0906. The second-order valence-electron chi connectivity index (χ2n) is 7.08. The predicted octanol–water partition coefficient (Wildman–Crippen LogP) is 4.07. The molecule has 0 aromatic heterocycles. The minimum Gasteiger partial charge on any atom is -0.338 e. The van der Waals surface area contributed by atoms with Gasteiger partial charge in [0.05, 0.1) is 5.92 Å². The monoisotopic (exact) mass is 372 g/mol. The van der Waals surface area contributed by atoms with E-state index in [2.05, 4.69) is 5.32 Å². The zero-order valence-electron chi connectivity index (χ0n) is 15.4. The van der Waals surface area contributed by atoms with Crippen LogP contribution in [0.3, 0.4) is 0 Å². The molecule has 0 spiro atoms. The second kappa shape index (κ2) is 7.86. The van der Waals surface area contributed by atoms with Gasteiger partial charge >= 0.3 is 0 Å². The Morgan fingerprint density at radius 1 is 1.04 bits per heavy atom. The third kappa shape index (κ3) is 4.51. The lowest BCUT2D eigenvalue weighted by Gasteiger charge is -2.32. The molecular weight excluding hydrogens is 350 g/mol. The van der Waals surface area contributed by atoms with E-state index in [0.717, 1.165) is 23.3 Å². The van der Waals surface area contributed by atoms with Gasteiger partial charge in [-0.1, -0.05) is 17.2 Å². The molecule has 1 saturated heterocycles. The summed E-state index contributed by atoms with van der Waals surface area (Å²) < 4.78 is 26.3. The molecule has 0 saturated carbocycles. The Morgan fingerprint density at radius 3 is 2.41 bits per heavy atom. The Hall–Kier alpha value is -2.76. The first-order valence-electron chi connectivity index (χ1n) is 8.97. The summed E-state index contributed by atoms with van der Waals surface area (Å²) in [5.41, 5.74) is 2.86. The highest BCUT2D eigenvalue weighted by Crippen LogP contribution is 2.22. The molecule has 3 rings (SSSR count). The minimum atomic E-state index is -1.01. The lowest BCUT2D eigenvalue weighted by atomic mass is 9.96. The standard InChI is InChI=1S/C21H22F2N2O2/c1-13-8-14(2)10-16(9-13)21(27)25-7-3-4-15(12-25)20(26)24-17-5-6-18(22)19(23)11-17/h5-6,8-11,15H,3-4,7,12H2,1-2H3,(H,24,26). The summed E-state index contributed by atoms with van der Waals surface area (Å²) in [6.45, 7) is 4.79. The molecular formula is C21H22F2N2O2. The van der Waals surface area contributed by atoms with Crippen LogP contribution in [0.4, 0.5) is 14.5 Å². The molecule has 1 aliphatic rings. The summed E-state index contributed by atoms with van der Waals surface area (Å²) in [6, 6.07) is 8.94. The Morgan fingerprint density at radius 2 is 1.74 bits per heavy atom. The van der Waals surface area contributed by atoms with Gasteiger partial charge < -0.3 is 10.2 Å². The molecule has 1 heterocycles. The van der Waals surface area contributed by atoms with Crippen molar-refractivity contribution in [1.29, 1.82) is 0 Å². The quantitative estimate of drug-likeness (QED) is 0.883. The van der Waals surface area contributed by atoms with Crippen molar-refractivity contribution in [3.63, 3.8) is 0 Å². The fourth-order valence-electron chi connectivity index (χ4n) is 3.47. The van der Waals surface area contributed by atoms with Crippen molar-refractivity contribution >= 4 is 17.5 Å². The number of anilines is 1. The number of benzene rings is 2. The van der Waals surface area contributed by atoms with E-state index in [1.165, 1.54) is 6.07 Å². The number of rotatable bonds is 3. The summed E-state index contributed by atoms with van der Waals surface area (Å²) in [7, 11) is 0. The maximum atomic E-state index is 13.3. The SMILES string of the molecule is Cc1cc(C)cc(C(=O)N2CCCC(C(=O)Nc3ccc(F)c(F)c3)C2)c1. The first-order chi connectivity index (χ1) is 12.8. The van der Waals surface area contributed by atoms with Gasteiger partial charge in [-0.15, -0.1) is 0 Å². The first kappa shape index (κ1) is 19.0. The van der Waals surface area contributed by atoms with Crippen molar-refractivity contribution in [3.8, 4) is 0 Å². The van der Waals surface area contributed by atoms with Crippen LogP contribution < -0.4 is 5.32 Å². The number of carbonyl (C=O) groups excluding carboxylic acids is 2. The molecule has 2 aromatic carbocycles. The molecule has 0 radical (unpaired) electrons. The van der Waals surface area contributed by atoms with Crippen molar-refractivity contribution in [2.45, 2.75) is 26.7 Å². The Labute approximate surface area is 157 Å². The topological polar surface area (TPSA) is 49.4 Å². The van der Waals surface area contributed by atoms with E-state index in [0.29, 0.717) is 31.5 Å². The van der Waals surface area contributed by atoms with Gasteiger partial charge in [-0.2, -0.15) is 0 Å². The Balaban J connectivity index is 1.68. The smallest absolute Gasteiger partial charge is 0.253 e. The maximum Gasteiger partial charge on any atom is 0.253 e. The van der Waals surface area contributed by atoms with Crippen molar-refractivity contribution < 1.29 is 18.4 Å². The van der Waals surface area contributed by atoms with E-state index < -0.39 is 11.6 Å². The number of nitrogens with zero attached hydrogens (tertiary/aromatic N) is 1. The third-order valence-electron chi connectivity index (χ3n) is 4.74. The van der Waals surface area contributed by atoms with E-state index in [1.807, 2.05) is 32.0 Å². The molecule has 2 aromatic rings. The van der Waals surface area contributed by atoms with Crippen molar-refractivity contribution in [3.05, 3.63) is 64.7 Å². The molecule has 1 unspecified atom stereocenters. The molecule has 4 nitrogen and oxygen atoms in total. The van der Waals surface area contributed by atoms with E-state index in [-0.39, 0.29) is 23.4 Å². The van der Waals surface area contributed by atoms with E-state index in [1.54, 1.807) is 4.90 Å². The zero-order chi connectivity index (χ0) is 19.6. The average Bonchev–Trinajstić information content (AvgIpc) is 2.63. The average molecular weight is 372 g/mol. The van der Waals surface area contributed by atoms with Gasteiger partial charge in [0.15, 0.2) is 11.6 Å². The molecule has 1 fully saturated rings. The van der Waals surface area contributed by atoms with E-state index >= 15 is 0 Å². The van der Waals surface area contributed by atoms with Gasteiger partial charge in [-0.3, -0.25) is 9.59 Å². The predicted molar refractivity (Wildman–Crippen MR) is 99.5 cm³/mol. The molecule has 0 aliphatic carbocycles. The summed E-state index contributed by atoms with van der Waals surface area (Å²) in [6.07, 6.45) is 1.36. The molecule has 142 valence electrons. The number of aryl methyl sites for hydroxylation is 2. The van der Waals surface area contributed by atoms with E-state index in [4.69, 9.17) is 0 Å². The van der Waals surface area contributed by atoms with Crippen molar-refractivity contribution in [2.24, 2.45) is 5.92 Å². The molecule has 1 atom stereocenters. The zero-order valence-corrected chi connectivity index (χ0v) is 15.4. The highest BCUT2D eigenvalue weighted by atomic mass is 19.2. The van der Waals surface area contributed by atoms with Crippen LogP contribution in [-0.2, 0) is 4.79 Å². The summed E-state index contributed by atoms with van der Waals surface area (Å²) in [5.74, 6) is -2.74. The van der Waals surface area contributed by atoms with Crippen LogP contribution in [0.15, 0.2) is 36.4 Å². The van der Waals surface area contributed by atoms with Gasteiger partial charge in [0, 0.05) is 30.4 Å². The Bertz CT molecular complexity index is 862. The highest BCUT2D eigenvalue weighted by molar-refractivity contribution is 5.96. The number of carbonyl (C=O) groups is 2. The molecule has 0 bridgehead atoms. The first-order valence-corrected chi connectivity index (χ1v) is 8.97. The van der Waals surface area contributed by atoms with E-state index in [9.17, 15) is 18.4 Å². The lowest BCUT2D eigenvalue weighted by Crippen LogP contribution is -2.43. The number of piperidine rings is 1. The van der Waals surface area contributed by atoms with Crippen LogP contribution >= 0.6 is 0 Å². The van der Waals surface area contributed by atoms with Gasteiger partial charge in [-0.25, -0.2) is 8.78 Å². The molecule has 27 heavy (non-hydrogen) atoms.